The van der Waals surface area contributed by atoms with Gasteiger partial charge in [0.15, 0.2) is 6.10 Å². The van der Waals surface area contributed by atoms with Crippen molar-refractivity contribution in [1.82, 2.24) is 0 Å². The molecule has 61 heavy (non-hydrogen) atoms. The van der Waals surface area contributed by atoms with E-state index < -0.39 is 18.1 Å². The van der Waals surface area contributed by atoms with Crippen LogP contribution < -0.4 is 5.11 Å². The van der Waals surface area contributed by atoms with Gasteiger partial charge in [0.2, 0.25) is 0 Å². The maximum absolute atomic E-state index is 12.7. The van der Waals surface area contributed by atoms with Crippen LogP contribution in [-0.4, -0.2) is 75.5 Å². The molecule has 0 rings (SSSR count). The molecule has 0 saturated heterocycles. The second-order valence-corrected chi connectivity index (χ2v) is 17.3. The van der Waals surface area contributed by atoms with Gasteiger partial charge in [0.1, 0.15) is 12.6 Å². The second-order valence-electron chi connectivity index (χ2n) is 17.3. The minimum Gasteiger partial charge on any atom is -0.544 e. The van der Waals surface area contributed by atoms with E-state index in [-0.39, 0.29) is 49.1 Å². The van der Waals surface area contributed by atoms with Crippen LogP contribution in [0.4, 0.5) is 0 Å². The van der Waals surface area contributed by atoms with Crippen molar-refractivity contribution in [1.29, 1.82) is 0 Å². The van der Waals surface area contributed by atoms with Crippen LogP contribution in [0.1, 0.15) is 194 Å². The van der Waals surface area contributed by atoms with Crippen molar-refractivity contribution in [2.45, 2.75) is 206 Å². The first-order valence-corrected chi connectivity index (χ1v) is 24.5. The quantitative estimate of drug-likeness (QED) is 0.0260. The minimum atomic E-state index is -1.14. The van der Waals surface area contributed by atoms with Gasteiger partial charge in [-0.15, -0.1) is 0 Å². The monoisotopic (exact) mass is 854 g/mol. The fourth-order valence-corrected chi connectivity index (χ4v) is 6.73. The van der Waals surface area contributed by atoms with Crippen LogP contribution in [0, 0.1) is 0 Å². The number of hydrogen-bond donors (Lipinski definition) is 0. The van der Waals surface area contributed by atoms with Crippen LogP contribution >= 0.6 is 0 Å². The highest BCUT2D eigenvalue weighted by Crippen LogP contribution is 2.13. The Labute approximate surface area is 374 Å². The van der Waals surface area contributed by atoms with Crippen molar-refractivity contribution in [2.24, 2.45) is 0 Å². The van der Waals surface area contributed by atoms with Gasteiger partial charge in [-0.25, -0.2) is 0 Å². The number of unbranched alkanes of at least 4 members (excludes halogenated alkanes) is 17. The molecule has 0 heterocycles. The molecule has 0 amide bonds. The molecule has 2 atom stereocenters. The van der Waals surface area contributed by atoms with Gasteiger partial charge in [0, 0.05) is 19.3 Å². The van der Waals surface area contributed by atoms with Crippen molar-refractivity contribution < 1.29 is 38.2 Å². The summed E-state index contributed by atoms with van der Waals surface area (Å²) in [6.45, 7) is 4.57. The fraction of sp³-hybridized carbons (Fsp3) is 0.717. The number of quaternary nitrogens is 1. The summed E-state index contributed by atoms with van der Waals surface area (Å²) in [5, 5.41) is 11.6. The number of rotatable bonds is 43. The van der Waals surface area contributed by atoms with Gasteiger partial charge < -0.3 is 28.6 Å². The normalized spacial score (nSPS) is 13.5. The molecule has 0 bridgehead atoms. The van der Waals surface area contributed by atoms with Crippen LogP contribution in [0.3, 0.4) is 0 Å². The molecule has 0 fully saturated rings. The Hall–Kier alpha value is -3.23. The lowest BCUT2D eigenvalue weighted by Crippen LogP contribution is -2.55. The largest absolute Gasteiger partial charge is 0.544 e. The smallest absolute Gasteiger partial charge is 0.306 e. The Morgan fingerprint density at radius 3 is 1.36 bits per heavy atom. The van der Waals surface area contributed by atoms with Crippen molar-refractivity contribution in [3.05, 3.63) is 72.9 Å². The number of carboxylic acids is 1. The molecule has 0 radical (unpaired) electrons. The van der Waals surface area contributed by atoms with Gasteiger partial charge in [0.25, 0.3) is 0 Å². The van der Waals surface area contributed by atoms with Crippen molar-refractivity contribution >= 4 is 17.9 Å². The van der Waals surface area contributed by atoms with E-state index in [2.05, 4.69) is 86.8 Å². The van der Waals surface area contributed by atoms with Crippen LogP contribution in [-0.2, 0) is 28.6 Å². The van der Waals surface area contributed by atoms with E-state index in [0.29, 0.717) is 12.8 Å². The number of carbonyl (C=O) groups is 3. The molecular weight excluding hydrogens is 763 g/mol. The Morgan fingerprint density at radius 1 is 0.492 bits per heavy atom. The molecule has 0 N–H and O–H groups in total. The van der Waals surface area contributed by atoms with E-state index in [9.17, 15) is 19.5 Å². The van der Waals surface area contributed by atoms with Gasteiger partial charge >= 0.3 is 11.9 Å². The van der Waals surface area contributed by atoms with E-state index in [4.69, 9.17) is 14.2 Å². The molecule has 8 heteroatoms. The molecule has 8 nitrogen and oxygen atoms in total. The number of ether oxygens (including phenoxy) is 3. The molecule has 0 aliphatic carbocycles. The Bertz CT molecular complexity index is 1230. The standard InChI is InChI=1S/C53H91NO7/c1-6-8-10-12-14-16-18-20-22-24-25-26-27-28-30-32-34-36-38-40-42-44-52(56)61-49(47-59-46-45-50(53(57)58)54(3,4)5)48-60-51(55)43-41-39-37-35-33-31-29-23-21-19-17-15-13-11-9-7-2/h14,16,20,22-23,25-26,28-30,34,36,49-50H,6-13,15,17-19,21,24,27,31-33,35,37-48H2,1-5H3/b16-14+,22-20+,26-25+,29-23+,30-28+,36-34+. The second kappa shape index (κ2) is 43.4. The van der Waals surface area contributed by atoms with Crippen LogP contribution in [0.15, 0.2) is 72.9 Å². The van der Waals surface area contributed by atoms with Crippen LogP contribution in [0.5, 0.6) is 0 Å². The maximum atomic E-state index is 12.7. The van der Waals surface area contributed by atoms with Gasteiger partial charge in [-0.3, -0.25) is 9.59 Å². The average Bonchev–Trinajstić information content (AvgIpc) is 3.22. The Morgan fingerprint density at radius 2 is 0.869 bits per heavy atom. The van der Waals surface area contributed by atoms with Crippen LogP contribution in [0.25, 0.3) is 0 Å². The summed E-state index contributed by atoms with van der Waals surface area (Å²) in [5.41, 5.74) is 0. The Balaban J connectivity index is 4.40. The SMILES string of the molecule is CCCCC/C=C/C/C=C/C/C=C/C/C=C/C/C=C/CCCCC(=O)OC(COCCC(C(=O)[O-])[N+](C)(C)C)COC(=O)CCCCCCC/C=C/CCCCCCCCC. The predicted octanol–water partition coefficient (Wildman–Crippen LogP) is 12.6. The molecule has 0 aromatic rings. The highest BCUT2D eigenvalue weighted by molar-refractivity contribution is 5.70. The number of likely N-dealkylation sites (N-methyl/N-ethyl adjacent to an activating group) is 1. The number of carbonyl (C=O) groups excluding carboxylic acids is 3. The highest BCUT2D eigenvalue weighted by atomic mass is 16.6. The number of nitrogens with zero attached hydrogens (tertiary/aromatic N) is 1. The first kappa shape index (κ1) is 57.8. The van der Waals surface area contributed by atoms with E-state index in [0.717, 1.165) is 70.6 Å². The first-order valence-electron chi connectivity index (χ1n) is 24.5. The molecular formula is C53H91NO7. The lowest BCUT2D eigenvalue weighted by Gasteiger charge is -2.34. The highest BCUT2D eigenvalue weighted by Gasteiger charge is 2.25. The summed E-state index contributed by atoms with van der Waals surface area (Å²) in [7, 11) is 5.39. The molecule has 0 aromatic carbocycles. The number of aliphatic carboxylic acids is 1. The summed E-state index contributed by atoms with van der Waals surface area (Å²) in [6, 6.07) is -0.738. The predicted molar refractivity (Wildman–Crippen MR) is 254 cm³/mol. The van der Waals surface area contributed by atoms with E-state index in [1.54, 1.807) is 21.1 Å². The molecule has 0 aliphatic heterocycles. The molecule has 0 aromatic heterocycles. The zero-order chi connectivity index (χ0) is 44.9. The first-order chi connectivity index (χ1) is 29.6. The van der Waals surface area contributed by atoms with Crippen molar-refractivity contribution in [2.75, 3.05) is 41.0 Å². The van der Waals surface area contributed by atoms with E-state index in [1.807, 2.05) is 0 Å². The number of esters is 2. The summed E-state index contributed by atoms with van der Waals surface area (Å²) < 4.78 is 17.2. The third-order valence-corrected chi connectivity index (χ3v) is 10.6. The lowest BCUT2D eigenvalue weighted by atomic mass is 10.1. The average molecular weight is 854 g/mol. The van der Waals surface area contributed by atoms with Gasteiger partial charge in [0.05, 0.1) is 40.3 Å². The molecule has 0 spiro atoms. The van der Waals surface area contributed by atoms with Crippen molar-refractivity contribution in [3.63, 3.8) is 0 Å². The fourth-order valence-electron chi connectivity index (χ4n) is 6.73. The summed E-state index contributed by atoms with van der Waals surface area (Å²) >= 11 is 0. The molecule has 350 valence electrons. The molecule has 0 saturated carbocycles. The third-order valence-electron chi connectivity index (χ3n) is 10.6. The maximum Gasteiger partial charge on any atom is 0.306 e. The number of carboxylic acid groups (broad SMARTS) is 1. The lowest BCUT2D eigenvalue weighted by molar-refractivity contribution is -0.889. The molecule has 2 unspecified atom stereocenters. The summed E-state index contributed by atoms with van der Waals surface area (Å²) in [6.07, 6.45) is 55.0. The zero-order valence-corrected chi connectivity index (χ0v) is 39.8. The number of allylic oxidation sites excluding steroid dienone is 12. The molecule has 0 aliphatic rings. The summed E-state index contributed by atoms with van der Waals surface area (Å²) in [4.78, 5) is 36.9. The van der Waals surface area contributed by atoms with E-state index >= 15 is 0 Å². The minimum absolute atomic E-state index is 0.0175. The van der Waals surface area contributed by atoms with Gasteiger partial charge in [-0.05, 0) is 89.9 Å². The van der Waals surface area contributed by atoms with Crippen LogP contribution in [0.2, 0.25) is 0 Å². The topological polar surface area (TPSA) is 102 Å². The van der Waals surface area contributed by atoms with Gasteiger partial charge in [-0.1, -0.05) is 157 Å². The van der Waals surface area contributed by atoms with Crippen molar-refractivity contribution in [3.8, 4) is 0 Å². The Kier molecular flexibility index (Phi) is 41.1. The number of hydrogen-bond acceptors (Lipinski definition) is 7. The zero-order valence-electron chi connectivity index (χ0n) is 39.8. The van der Waals surface area contributed by atoms with Gasteiger partial charge in [-0.2, -0.15) is 0 Å². The van der Waals surface area contributed by atoms with E-state index in [1.165, 1.54) is 83.5 Å². The third kappa shape index (κ3) is 41.9. The summed E-state index contributed by atoms with van der Waals surface area (Å²) in [5.74, 6) is -1.81.